The maximum absolute atomic E-state index is 10.8. The summed E-state index contributed by atoms with van der Waals surface area (Å²) >= 11 is 0. The molecule has 0 fully saturated rings. The van der Waals surface area contributed by atoms with Gasteiger partial charge in [-0.2, -0.15) is 0 Å². The molecule has 0 aromatic heterocycles. The van der Waals surface area contributed by atoms with Gasteiger partial charge in [0.2, 0.25) is 0 Å². The van der Waals surface area contributed by atoms with Crippen LogP contribution in [0.3, 0.4) is 0 Å². The second-order valence-electron chi connectivity index (χ2n) is 5.92. The lowest BCUT2D eigenvalue weighted by molar-refractivity contribution is 0.112. The van der Waals surface area contributed by atoms with E-state index in [4.69, 9.17) is 4.74 Å². The van der Waals surface area contributed by atoms with Crippen LogP contribution in [0, 0.1) is 5.41 Å². The third-order valence-corrected chi connectivity index (χ3v) is 2.63. The van der Waals surface area contributed by atoms with Crippen molar-refractivity contribution >= 4 is 6.29 Å². The molecule has 0 amide bonds. The van der Waals surface area contributed by atoms with Gasteiger partial charge in [-0.3, -0.25) is 4.79 Å². The van der Waals surface area contributed by atoms with Crippen molar-refractivity contribution in [2.24, 2.45) is 5.41 Å². The number of methoxy groups -OCH3 is 1. The third kappa shape index (κ3) is 4.49. The van der Waals surface area contributed by atoms with Gasteiger partial charge in [-0.05, 0) is 30.7 Å². The van der Waals surface area contributed by atoms with Crippen LogP contribution in [0.25, 0.3) is 0 Å². The quantitative estimate of drug-likeness (QED) is 0.751. The summed E-state index contributed by atoms with van der Waals surface area (Å²) in [7, 11) is 3.74. The van der Waals surface area contributed by atoms with Gasteiger partial charge in [0.15, 0.2) is 0 Å². The molecule has 0 aliphatic carbocycles. The summed E-state index contributed by atoms with van der Waals surface area (Å²) in [5, 5.41) is 0. The second-order valence-corrected chi connectivity index (χ2v) is 5.92. The van der Waals surface area contributed by atoms with E-state index in [0.29, 0.717) is 5.56 Å². The van der Waals surface area contributed by atoms with Crippen LogP contribution in [0.1, 0.15) is 36.7 Å². The van der Waals surface area contributed by atoms with Crippen LogP contribution < -0.4 is 4.74 Å². The lowest BCUT2D eigenvalue weighted by atomic mass is 9.96. The maximum Gasteiger partial charge on any atom is 0.150 e. The molecule has 0 N–H and O–H groups in total. The summed E-state index contributed by atoms with van der Waals surface area (Å²) in [6.45, 7) is 8.40. The molecular weight excluding hydrogens is 226 g/mol. The average molecular weight is 249 g/mol. The molecule has 0 aliphatic rings. The van der Waals surface area contributed by atoms with Crippen LogP contribution in [0.2, 0.25) is 0 Å². The van der Waals surface area contributed by atoms with E-state index in [1.165, 1.54) is 0 Å². The molecule has 100 valence electrons. The largest absolute Gasteiger partial charge is 0.496 e. The lowest BCUT2D eigenvalue weighted by Crippen LogP contribution is -2.29. The van der Waals surface area contributed by atoms with Crippen molar-refractivity contribution in [1.29, 1.82) is 0 Å². The Kier molecular flexibility index (Phi) is 4.91. The van der Waals surface area contributed by atoms with Crippen LogP contribution in [0.5, 0.6) is 5.75 Å². The maximum atomic E-state index is 10.8. The fraction of sp³-hybridized carbons (Fsp3) is 0.533. The molecule has 0 bridgehead atoms. The van der Waals surface area contributed by atoms with Crippen molar-refractivity contribution < 1.29 is 9.53 Å². The zero-order chi connectivity index (χ0) is 13.8. The molecule has 0 radical (unpaired) electrons. The van der Waals surface area contributed by atoms with E-state index in [1.54, 1.807) is 13.2 Å². The zero-order valence-corrected chi connectivity index (χ0v) is 12.0. The monoisotopic (exact) mass is 249 g/mol. The first-order valence-electron chi connectivity index (χ1n) is 6.16. The number of carbonyl (C=O) groups excluding carboxylic acids is 1. The summed E-state index contributed by atoms with van der Waals surface area (Å²) in [5.74, 6) is 0.835. The van der Waals surface area contributed by atoms with Gasteiger partial charge >= 0.3 is 0 Å². The zero-order valence-electron chi connectivity index (χ0n) is 12.0. The Morgan fingerprint density at radius 3 is 2.50 bits per heavy atom. The van der Waals surface area contributed by atoms with E-state index >= 15 is 0 Å². The van der Waals surface area contributed by atoms with Gasteiger partial charge < -0.3 is 9.64 Å². The van der Waals surface area contributed by atoms with Gasteiger partial charge in [0.05, 0.1) is 7.11 Å². The number of hydrogen-bond acceptors (Lipinski definition) is 3. The molecule has 0 saturated heterocycles. The van der Waals surface area contributed by atoms with E-state index in [0.717, 1.165) is 30.7 Å². The number of carbonyl (C=O) groups is 1. The van der Waals surface area contributed by atoms with Gasteiger partial charge in [-0.25, -0.2) is 0 Å². The van der Waals surface area contributed by atoms with Crippen molar-refractivity contribution in [2.45, 2.75) is 27.3 Å². The van der Waals surface area contributed by atoms with Crippen molar-refractivity contribution in [3.63, 3.8) is 0 Å². The van der Waals surface area contributed by atoms with E-state index in [2.05, 4.69) is 32.7 Å². The first kappa shape index (κ1) is 14.7. The standard InChI is InChI=1S/C15H23NO2/c1-15(2,3)11-16(4)9-13-8-12(10-17)6-7-14(13)18-5/h6-8,10H,9,11H2,1-5H3. The third-order valence-electron chi connectivity index (χ3n) is 2.63. The second kappa shape index (κ2) is 6.01. The molecule has 3 heteroatoms. The van der Waals surface area contributed by atoms with Gasteiger partial charge in [-0.15, -0.1) is 0 Å². The molecule has 0 aliphatic heterocycles. The molecule has 1 aromatic rings. The fourth-order valence-corrected chi connectivity index (χ4v) is 2.15. The minimum absolute atomic E-state index is 0.254. The topological polar surface area (TPSA) is 29.5 Å². The van der Waals surface area contributed by atoms with Crippen molar-refractivity contribution in [3.05, 3.63) is 29.3 Å². The smallest absolute Gasteiger partial charge is 0.150 e. The lowest BCUT2D eigenvalue weighted by Gasteiger charge is -2.27. The summed E-state index contributed by atoms with van der Waals surface area (Å²) < 4.78 is 5.33. The minimum atomic E-state index is 0.254. The Hall–Kier alpha value is -1.35. The Labute approximate surface area is 110 Å². The molecule has 1 aromatic carbocycles. The Bertz CT molecular complexity index is 407. The van der Waals surface area contributed by atoms with Crippen LogP contribution in [0.15, 0.2) is 18.2 Å². The van der Waals surface area contributed by atoms with Crippen LogP contribution >= 0.6 is 0 Å². The van der Waals surface area contributed by atoms with Crippen molar-refractivity contribution in [3.8, 4) is 5.75 Å². The Morgan fingerprint density at radius 1 is 1.33 bits per heavy atom. The number of hydrogen-bond donors (Lipinski definition) is 0. The van der Waals surface area contributed by atoms with Crippen molar-refractivity contribution in [2.75, 3.05) is 20.7 Å². The highest BCUT2D eigenvalue weighted by Crippen LogP contribution is 2.22. The predicted molar refractivity (Wildman–Crippen MR) is 74.2 cm³/mol. The number of benzene rings is 1. The first-order chi connectivity index (χ1) is 8.35. The SMILES string of the molecule is COc1ccc(C=O)cc1CN(C)CC(C)(C)C. The van der Waals surface area contributed by atoms with Gasteiger partial charge in [0.1, 0.15) is 12.0 Å². The van der Waals surface area contributed by atoms with E-state index < -0.39 is 0 Å². The first-order valence-corrected chi connectivity index (χ1v) is 6.16. The molecule has 18 heavy (non-hydrogen) atoms. The molecule has 3 nitrogen and oxygen atoms in total. The predicted octanol–water partition coefficient (Wildman–Crippen LogP) is 2.99. The fourth-order valence-electron chi connectivity index (χ4n) is 2.15. The molecular formula is C15H23NO2. The number of nitrogens with zero attached hydrogens (tertiary/aromatic N) is 1. The molecule has 0 unspecified atom stereocenters. The molecule has 0 atom stereocenters. The van der Waals surface area contributed by atoms with Gasteiger partial charge in [-0.1, -0.05) is 20.8 Å². The number of aldehydes is 1. The minimum Gasteiger partial charge on any atom is -0.496 e. The van der Waals surface area contributed by atoms with Crippen LogP contribution in [-0.2, 0) is 6.54 Å². The number of rotatable bonds is 5. The average Bonchev–Trinajstić information content (AvgIpc) is 2.26. The van der Waals surface area contributed by atoms with Gasteiger partial charge in [0, 0.05) is 24.2 Å². The normalized spacial score (nSPS) is 11.7. The summed E-state index contributed by atoms with van der Waals surface area (Å²) in [6.07, 6.45) is 0.868. The summed E-state index contributed by atoms with van der Waals surface area (Å²) in [4.78, 5) is 13.1. The summed E-state index contributed by atoms with van der Waals surface area (Å²) in [5.41, 5.74) is 1.99. The number of ether oxygens (including phenoxy) is 1. The van der Waals surface area contributed by atoms with E-state index in [-0.39, 0.29) is 5.41 Å². The van der Waals surface area contributed by atoms with E-state index in [9.17, 15) is 4.79 Å². The Balaban J connectivity index is 2.84. The molecule has 0 saturated carbocycles. The summed E-state index contributed by atoms with van der Waals surface area (Å²) in [6, 6.07) is 5.52. The van der Waals surface area contributed by atoms with Crippen LogP contribution in [-0.4, -0.2) is 31.9 Å². The highest BCUT2D eigenvalue weighted by molar-refractivity contribution is 5.75. The molecule has 0 spiro atoms. The van der Waals surface area contributed by atoms with E-state index in [1.807, 2.05) is 12.1 Å². The molecule has 1 rings (SSSR count). The highest BCUT2D eigenvalue weighted by atomic mass is 16.5. The van der Waals surface area contributed by atoms with Gasteiger partial charge in [0.25, 0.3) is 0 Å². The highest BCUT2D eigenvalue weighted by Gasteiger charge is 2.15. The van der Waals surface area contributed by atoms with Crippen molar-refractivity contribution in [1.82, 2.24) is 4.90 Å². The van der Waals surface area contributed by atoms with Crippen LogP contribution in [0.4, 0.5) is 0 Å². The Morgan fingerprint density at radius 2 is 2.00 bits per heavy atom. The molecule has 0 heterocycles.